The molecule has 0 saturated heterocycles. The van der Waals surface area contributed by atoms with Crippen LogP contribution in [0.2, 0.25) is 5.02 Å². The number of benzene rings is 2. The minimum atomic E-state index is -4.60. The first-order valence-corrected chi connectivity index (χ1v) is 6.81. The molecule has 1 N–H and O–H groups in total. The summed E-state index contributed by atoms with van der Waals surface area (Å²) in [5.74, 6) is -0.589. The molecule has 6 heteroatoms. The Morgan fingerprint density at radius 2 is 1.77 bits per heavy atom. The second-order valence-electron chi connectivity index (χ2n) is 4.96. The number of carbonyl (C=O) groups is 1. The monoisotopic (exact) mass is 327 g/mol. The van der Waals surface area contributed by atoms with Crippen molar-refractivity contribution < 1.29 is 18.0 Å². The minimum Gasteiger partial charge on any atom is -0.321 e. The summed E-state index contributed by atoms with van der Waals surface area (Å²) >= 11 is 5.61. The third kappa shape index (κ3) is 3.60. The zero-order chi connectivity index (χ0) is 16.5. The lowest BCUT2D eigenvalue weighted by Gasteiger charge is -2.15. The largest absolute Gasteiger partial charge is 0.418 e. The summed E-state index contributed by atoms with van der Waals surface area (Å²) in [7, 11) is 0. The first-order chi connectivity index (χ1) is 10.2. The van der Waals surface area contributed by atoms with E-state index < -0.39 is 17.6 Å². The van der Waals surface area contributed by atoms with Crippen molar-refractivity contribution in [2.45, 2.75) is 20.0 Å². The molecule has 22 heavy (non-hydrogen) atoms. The quantitative estimate of drug-likeness (QED) is 0.804. The molecule has 0 heterocycles. The molecule has 0 aromatic heterocycles. The van der Waals surface area contributed by atoms with Gasteiger partial charge in [-0.05, 0) is 43.7 Å². The number of anilines is 1. The summed E-state index contributed by atoms with van der Waals surface area (Å²) in [6, 6.07) is 8.45. The molecule has 0 spiro atoms. The maximum absolute atomic E-state index is 13.0. The van der Waals surface area contributed by atoms with E-state index in [1.165, 1.54) is 6.07 Å². The first kappa shape index (κ1) is 16.4. The highest BCUT2D eigenvalue weighted by molar-refractivity contribution is 6.30. The van der Waals surface area contributed by atoms with Crippen molar-refractivity contribution in [2.75, 3.05) is 5.32 Å². The fraction of sp³-hybridized carbons (Fsp3) is 0.188. The average molecular weight is 328 g/mol. The molecule has 0 aliphatic carbocycles. The van der Waals surface area contributed by atoms with Crippen LogP contribution in [0.5, 0.6) is 0 Å². The number of rotatable bonds is 2. The topological polar surface area (TPSA) is 29.1 Å². The van der Waals surface area contributed by atoms with Crippen molar-refractivity contribution in [3.63, 3.8) is 0 Å². The van der Waals surface area contributed by atoms with Crippen LogP contribution in [0, 0.1) is 13.8 Å². The van der Waals surface area contributed by atoms with Crippen molar-refractivity contribution in [3.8, 4) is 0 Å². The van der Waals surface area contributed by atoms with Crippen LogP contribution < -0.4 is 5.32 Å². The molecule has 0 radical (unpaired) electrons. The number of nitrogens with one attached hydrogen (secondary N) is 1. The van der Waals surface area contributed by atoms with Crippen molar-refractivity contribution in [1.29, 1.82) is 0 Å². The molecule has 1 amide bonds. The molecule has 0 aliphatic heterocycles. The Morgan fingerprint density at radius 3 is 2.41 bits per heavy atom. The SMILES string of the molecule is Cc1ccc(C)c(C(=O)Nc2ccc(Cl)cc2C(F)(F)F)c1. The molecule has 0 unspecified atom stereocenters. The molecule has 0 aliphatic rings. The van der Waals surface area contributed by atoms with E-state index in [1.807, 2.05) is 6.07 Å². The van der Waals surface area contributed by atoms with Crippen LogP contribution in [-0.2, 0) is 6.18 Å². The van der Waals surface area contributed by atoms with Gasteiger partial charge in [0.05, 0.1) is 11.3 Å². The van der Waals surface area contributed by atoms with Crippen molar-refractivity contribution in [2.24, 2.45) is 0 Å². The minimum absolute atomic E-state index is 0.0444. The molecule has 0 bridgehead atoms. The van der Waals surface area contributed by atoms with Gasteiger partial charge in [0.25, 0.3) is 5.91 Å². The first-order valence-electron chi connectivity index (χ1n) is 6.44. The van der Waals surface area contributed by atoms with Crippen LogP contribution in [0.4, 0.5) is 18.9 Å². The number of carbonyl (C=O) groups excluding carboxylic acids is 1. The van der Waals surface area contributed by atoms with Gasteiger partial charge in [-0.25, -0.2) is 0 Å². The maximum atomic E-state index is 13.0. The Kier molecular flexibility index (Phi) is 4.47. The highest BCUT2D eigenvalue weighted by atomic mass is 35.5. The van der Waals surface area contributed by atoms with Gasteiger partial charge >= 0.3 is 6.18 Å². The van der Waals surface area contributed by atoms with E-state index in [9.17, 15) is 18.0 Å². The van der Waals surface area contributed by atoms with E-state index in [0.29, 0.717) is 11.1 Å². The molecular formula is C16H13ClF3NO. The van der Waals surface area contributed by atoms with Crippen LogP contribution in [0.15, 0.2) is 36.4 Å². The van der Waals surface area contributed by atoms with E-state index in [1.54, 1.807) is 26.0 Å². The van der Waals surface area contributed by atoms with Gasteiger partial charge in [0.15, 0.2) is 0 Å². The maximum Gasteiger partial charge on any atom is 0.418 e. The molecule has 0 fully saturated rings. The summed E-state index contributed by atoms with van der Waals surface area (Å²) in [4.78, 5) is 12.2. The van der Waals surface area contributed by atoms with Crippen LogP contribution in [0.25, 0.3) is 0 Å². The van der Waals surface area contributed by atoms with Gasteiger partial charge < -0.3 is 5.32 Å². The Morgan fingerprint density at radius 1 is 1.09 bits per heavy atom. The Balaban J connectivity index is 2.39. The second-order valence-corrected chi connectivity index (χ2v) is 5.40. The summed E-state index contributed by atoms with van der Waals surface area (Å²) in [6.07, 6.45) is -4.60. The van der Waals surface area contributed by atoms with Gasteiger partial charge in [-0.1, -0.05) is 29.3 Å². The summed E-state index contributed by atoms with van der Waals surface area (Å²) in [5, 5.41) is 2.27. The average Bonchev–Trinajstić information content (AvgIpc) is 2.42. The number of alkyl halides is 3. The Hall–Kier alpha value is -2.01. The van der Waals surface area contributed by atoms with Gasteiger partial charge in [-0.2, -0.15) is 13.2 Å². The number of halogens is 4. The predicted octanol–water partition coefficient (Wildman–Crippen LogP) is 5.23. The Labute approximate surface area is 130 Å². The van der Waals surface area contributed by atoms with E-state index in [2.05, 4.69) is 5.32 Å². The van der Waals surface area contributed by atoms with Gasteiger partial charge in [0.1, 0.15) is 0 Å². The molecule has 116 valence electrons. The van der Waals surface area contributed by atoms with Gasteiger partial charge in [-0.15, -0.1) is 0 Å². The molecule has 2 aromatic carbocycles. The van der Waals surface area contributed by atoms with Gasteiger partial charge in [-0.3, -0.25) is 4.79 Å². The van der Waals surface area contributed by atoms with Gasteiger partial charge in [0, 0.05) is 10.6 Å². The smallest absolute Gasteiger partial charge is 0.321 e. The van der Waals surface area contributed by atoms with E-state index in [4.69, 9.17) is 11.6 Å². The summed E-state index contributed by atoms with van der Waals surface area (Å²) in [6.45, 7) is 3.53. The van der Waals surface area contributed by atoms with Crippen LogP contribution >= 0.6 is 11.6 Å². The Bertz CT molecular complexity index is 726. The van der Waals surface area contributed by atoms with Crippen LogP contribution in [0.3, 0.4) is 0 Å². The highest BCUT2D eigenvalue weighted by Crippen LogP contribution is 2.36. The molecule has 0 saturated carbocycles. The van der Waals surface area contributed by atoms with Gasteiger partial charge in [0.2, 0.25) is 0 Å². The summed E-state index contributed by atoms with van der Waals surface area (Å²) in [5.41, 5.74) is 0.582. The molecule has 2 aromatic rings. The standard InChI is InChI=1S/C16H13ClF3NO/c1-9-3-4-10(2)12(7-9)15(22)21-14-6-5-11(17)8-13(14)16(18,19)20/h3-8H,1-2H3,(H,21,22). The van der Waals surface area contributed by atoms with E-state index in [0.717, 1.165) is 17.7 Å². The zero-order valence-electron chi connectivity index (χ0n) is 11.9. The van der Waals surface area contributed by atoms with Crippen molar-refractivity contribution in [3.05, 3.63) is 63.7 Å². The molecule has 2 nitrogen and oxygen atoms in total. The molecule has 0 atom stereocenters. The fourth-order valence-corrected chi connectivity index (χ4v) is 2.20. The fourth-order valence-electron chi connectivity index (χ4n) is 2.03. The van der Waals surface area contributed by atoms with Crippen LogP contribution in [-0.4, -0.2) is 5.91 Å². The predicted molar refractivity (Wildman–Crippen MR) is 80.3 cm³/mol. The van der Waals surface area contributed by atoms with E-state index >= 15 is 0 Å². The lowest BCUT2D eigenvalue weighted by Crippen LogP contribution is -2.17. The highest BCUT2D eigenvalue weighted by Gasteiger charge is 2.34. The summed E-state index contributed by atoms with van der Waals surface area (Å²) < 4.78 is 39.0. The third-order valence-electron chi connectivity index (χ3n) is 3.17. The lowest BCUT2D eigenvalue weighted by atomic mass is 10.0. The van der Waals surface area contributed by atoms with Crippen LogP contribution in [0.1, 0.15) is 27.0 Å². The molecule has 2 rings (SSSR count). The van der Waals surface area contributed by atoms with Crippen molar-refractivity contribution in [1.82, 2.24) is 0 Å². The lowest BCUT2D eigenvalue weighted by molar-refractivity contribution is -0.136. The number of hydrogen-bond acceptors (Lipinski definition) is 1. The number of hydrogen-bond donors (Lipinski definition) is 1. The molecular weight excluding hydrogens is 315 g/mol. The second kappa shape index (κ2) is 6.01. The van der Waals surface area contributed by atoms with Crippen molar-refractivity contribution >= 4 is 23.2 Å². The number of aryl methyl sites for hydroxylation is 2. The van der Waals surface area contributed by atoms with E-state index in [-0.39, 0.29) is 10.7 Å². The third-order valence-corrected chi connectivity index (χ3v) is 3.41. The normalized spacial score (nSPS) is 11.4. The zero-order valence-corrected chi connectivity index (χ0v) is 12.6. The number of amides is 1.